The Morgan fingerprint density at radius 2 is 1.00 bits per heavy atom. The zero-order valence-electron chi connectivity index (χ0n) is 17.3. The summed E-state index contributed by atoms with van der Waals surface area (Å²) in [5, 5.41) is 0. The van der Waals surface area contributed by atoms with E-state index in [4.69, 9.17) is 0 Å². The van der Waals surface area contributed by atoms with Gasteiger partial charge in [0.1, 0.15) is 7.82 Å². The molecule has 0 aliphatic heterocycles. The maximum Gasteiger partial charge on any atom is 1.00 e. The van der Waals surface area contributed by atoms with E-state index in [2.05, 4.69) is 11.4 Å². The van der Waals surface area contributed by atoms with Gasteiger partial charge in [0.2, 0.25) is 0 Å². The quantitative estimate of drug-likeness (QED) is 0.158. The minimum atomic E-state index is -5.16. The van der Waals surface area contributed by atoms with Crippen LogP contribution in [0.1, 0.15) is 110 Å². The van der Waals surface area contributed by atoms with Crippen LogP contribution in [0, 0.1) is 0 Å². The van der Waals surface area contributed by atoms with E-state index >= 15 is 0 Å². The molecule has 0 radical (unpaired) electrons. The molecule has 0 bridgehead atoms. The first-order valence-electron chi connectivity index (χ1n) is 9.70. The van der Waals surface area contributed by atoms with Crippen molar-refractivity contribution >= 4 is 13.8 Å². The van der Waals surface area contributed by atoms with E-state index in [1.165, 1.54) is 70.6 Å². The third kappa shape index (κ3) is 29.1. The summed E-state index contributed by atoms with van der Waals surface area (Å²) in [6.45, 7) is 2.25. The minimum absolute atomic E-state index is 0. The molecule has 0 fully saturated rings. The molecule has 0 N–H and O–H groups in total. The fourth-order valence-corrected chi connectivity index (χ4v) is 3.15. The second kappa shape index (κ2) is 24.2. The minimum Gasteiger partial charge on any atom is -0.780 e. The average Bonchev–Trinajstić information content (AvgIpc) is 2.49. The first kappa shape index (κ1) is 33.5. The van der Waals surface area contributed by atoms with Crippen molar-refractivity contribution in [1.82, 2.24) is 0 Å². The van der Waals surface area contributed by atoms with Gasteiger partial charge in [-0.1, -0.05) is 96.8 Å². The van der Waals surface area contributed by atoms with Crippen LogP contribution >= 0.6 is 7.82 Å². The Labute approximate surface area is 245 Å². The van der Waals surface area contributed by atoms with Crippen molar-refractivity contribution in [3.05, 3.63) is 0 Å². The Kier molecular flexibility index (Phi) is 31.2. The van der Waals surface area contributed by atoms with E-state index < -0.39 is 13.8 Å². The van der Waals surface area contributed by atoms with Gasteiger partial charge in [0, 0.05) is 6.42 Å². The zero-order chi connectivity index (χ0) is 18.1. The summed E-state index contributed by atoms with van der Waals surface area (Å²) in [7, 11) is -5.16. The van der Waals surface area contributed by atoms with Crippen LogP contribution in [0.15, 0.2) is 0 Å². The number of carbonyl (C=O) groups is 1. The first-order chi connectivity index (χ1) is 11.5. The van der Waals surface area contributed by atoms with Crippen LogP contribution < -0.4 is 113 Å². The van der Waals surface area contributed by atoms with Gasteiger partial charge >= 0.3 is 109 Å². The fourth-order valence-electron chi connectivity index (χ4n) is 2.81. The molecule has 0 aromatic heterocycles. The van der Waals surface area contributed by atoms with Crippen molar-refractivity contribution in [3.63, 3.8) is 0 Å². The summed E-state index contributed by atoms with van der Waals surface area (Å²) in [5.41, 5.74) is 0. The summed E-state index contributed by atoms with van der Waals surface area (Å²) >= 11 is 0. The molecule has 0 spiro atoms. The standard InChI is InChI=1S/C18H37O5P.2K/c1-2-3-4-5-6-7-8-9-10-11-12-13-14-15-16-17-18(19)23-24(20,21)22;;/h2-17H2,1H3,(H2,20,21,22);;/q;2*+1/p-2. The van der Waals surface area contributed by atoms with E-state index in [0.29, 0.717) is 6.42 Å². The van der Waals surface area contributed by atoms with Gasteiger partial charge in [0.15, 0.2) is 0 Å². The number of phosphoric acid groups is 1. The Morgan fingerprint density at radius 1 is 0.692 bits per heavy atom. The number of phosphoric ester groups is 1. The molecule has 26 heavy (non-hydrogen) atoms. The number of hydrogen-bond acceptors (Lipinski definition) is 5. The molecular formula is C18H35K2O5P. The summed E-state index contributed by atoms with van der Waals surface area (Å²) in [6.07, 6.45) is 18.4. The third-order valence-corrected chi connectivity index (χ3v) is 4.63. The van der Waals surface area contributed by atoms with Gasteiger partial charge in [-0.2, -0.15) is 0 Å². The van der Waals surface area contributed by atoms with E-state index in [1.807, 2.05) is 0 Å². The maximum absolute atomic E-state index is 11.0. The molecule has 0 saturated carbocycles. The van der Waals surface area contributed by atoms with Gasteiger partial charge in [-0.05, 0) is 6.42 Å². The molecule has 0 unspecified atom stereocenters. The number of hydrogen-bond donors (Lipinski definition) is 0. The van der Waals surface area contributed by atoms with Crippen LogP contribution in [0.4, 0.5) is 0 Å². The van der Waals surface area contributed by atoms with Gasteiger partial charge in [0.25, 0.3) is 0 Å². The van der Waals surface area contributed by atoms with Crippen molar-refractivity contribution in [2.75, 3.05) is 0 Å². The summed E-state index contributed by atoms with van der Waals surface area (Å²) in [6, 6.07) is 0. The smallest absolute Gasteiger partial charge is 0.780 e. The SMILES string of the molecule is CCCCCCCCCCCCCCCCCC(=O)OP(=O)([O-])[O-].[K+].[K+]. The first-order valence-corrected chi connectivity index (χ1v) is 11.2. The summed E-state index contributed by atoms with van der Waals surface area (Å²) in [4.78, 5) is 31.5. The molecule has 0 aliphatic rings. The van der Waals surface area contributed by atoms with Gasteiger partial charge in [0.05, 0.1) is 0 Å². The van der Waals surface area contributed by atoms with E-state index in [1.54, 1.807) is 0 Å². The largest absolute Gasteiger partial charge is 1.00 e. The Bertz CT molecular complexity index is 350. The van der Waals surface area contributed by atoms with Crippen molar-refractivity contribution in [1.29, 1.82) is 0 Å². The summed E-state index contributed by atoms with van der Waals surface area (Å²) < 4.78 is 14.0. The van der Waals surface area contributed by atoms with Crippen molar-refractivity contribution < 1.29 is 126 Å². The summed E-state index contributed by atoms with van der Waals surface area (Å²) in [5.74, 6) is -0.932. The van der Waals surface area contributed by atoms with Crippen LogP contribution in [-0.4, -0.2) is 5.97 Å². The van der Waals surface area contributed by atoms with E-state index in [0.717, 1.165) is 19.3 Å². The molecule has 5 nitrogen and oxygen atoms in total. The Balaban J connectivity index is -0.00000264. The van der Waals surface area contributed by atoms with Gasteiger partial charge in [-0.15, -0.1) is 0 Å². The molecule has 0 aromatic carbocycles. The molecule has 0 aliphatic carbocycles. The zero-order valence-corrected chi connectivity index (χ0v) is 24.4. The predicted octanol–water partition coefficient (Wildman–Crippen LogP) is -1.37. The van der Waals surface area contributed by atoms with Crippen LogP contribution in [0.25, 0.3) is 0 Å². The fraction of sp³-hybridized carbons (Fsp3) is 0.944. The number of rotatable bonds is 17. The van der Waals surface area contributed by atoms with Gasteiger partial charge in [-0.25, -0.2) is 0 Å². The second-order valence-electron chi connectivity index (χ2n) is 6.61. The predicted molar refractivity (Wildman–Crippen MR) is 93.2 cm³/mol. The van der Waals surface area contributed by atoms with Crippen LogP contribution in [0.2, 0.25) is 0 Å². The van der Waals surface area contributed by atoms with Crippen molar-refractivity contribution in [2.45, 2.75) is 110 Å². The molecule has 0 aromatic rings. The van der Waals surface area contributed by atoms with E-state index in [-0.39, 0.29) is 109 Å². The van der Waals surface area contributed by atoms with E-state index in [9.17, 15) is 19.1 Å². The monoisotopic (exact) mass is 440 g/mol. The Hall–Kier alpha value is 2.89. The van der Waals surface area contributed by atoms with Crippen LogP contribution in [0.3, 0.4) is 0 Å². The number of unbranched alkanes of at least 4 members (excludes halogenated alkanes) is 14. The van der Waals surface area contributed by atoms with Gasteiger partial charge < -0.3 is 18.9 Å². The molecule has 0 heterocycles. The molecular weight excluding hydrogens is 405 g/mol. The maximum atomic E-state index is 11.0. The van der Waals surface area contributed by atoms with Crippen molar-refractivity contribution in [3.8, 4) is 0 Å². The Morgan fingerprint density at radius 3 is 1.31 bits per heavy atom. The average molecular weight is 441 g/mol. The molecule has 0 rings (SSSR count). The molecule has 144 valence electrons. The van der Waals surface area contributed by atoms with Gasteiger partial charge in [-0.3, -0.25) is 4.79 Å². The molecule has 0 atom stereocenters. The van der Waals surface area contributed by atoms with Crippen LogP contribution in [0.5, 0.6) is 0 Å². The van der Waals surface area contributed by atoms with Crippen LogP contribution in [-0.2, 0) is 13.9 Å². The third-order valence-electron chi connectivity index (χ3n) is 4.20. The molecule has 0 saturated heterocycles. The number of carbonyl (C=O) groups excluding carboxylic acids is 1. The molecule has 8 heteroatoms. The normalized spacial score (nSPS) is 10.7. The second-order valence-corrected chi connectivity index (χ2v) is 7.69. The van der Waals surface area contributed by atoms with Crippen molar-refractivity contribution in [2.24, 2.45) is 0 Å². The molecule has 0 amide bonds. The topological polar surface area (TPSA) is 89.5 Å².